The molecule has 0 atom stereocenters. The second kappa shape index (κ2) is 9.11. The minimum Gasteiger partial charge on any atom is -0.338 e. The van der Waals surface area contributed by atoms with Crippen LogP contribution in [0.25, 0.3) is 11.1 Å². The van der Waals surface area contributed by atoms with E-state index in [9.17, 15) is 18.0 Å². The molecule has 8 nitrogen and oxygen atoms in total. The molecule has 2 aromatic heterocycles. The van der Waals surface area contributed by atoms with Gasteiger partial charge in [-0.15, -0.1) is 0 Å². The molecule has 0 fully saturated rings. The Kier molecular flexibility index (Phi) is 6.21. The number of benzene rings is 2. The average molecular weight is 478 g/mol. The fourth-order valence-corrected chi connectivity index (χ4v) is 5.28. The highest BCUT2D eigenvalue weighted by molar-refractivity contribution is 7.91. The summed E-state index contributed by atoms with van der Waals surface area (Å²) in [5.41, 5.74) is 2.31. The lowest BCUT2D eigenvalue weighted by molar-refractivity contribution is -0.117. The topological polar surface area (TPSA) is 111 Å². The molecule has 2 aromatic carbocycles. The molecule has 9 heteroatoms. The van der Waals surface area contributed by atoms with E-state index in [0.717, 1.165) is 15.7 Å². The maximum absolute atomic E-state index is 13.3. The first-order valence-electron chi connectivity index (χ1n) is 10.5. The number of anilines is 1. The van der Waals surface area contributed by atoms with Crippen molar-refractivity contribution < 1.29 is 17.7 Å². The predicted molar refractivity (Wildman–Crippen MR) is 127 cm³/mol. The molecular formula is C25H23N3O5S. The lowest BCUT2D eigenvalue weighted by Crippen LogP contribution is -2.33. The number of hydrogen-bond donors (Lipinski definition) is 1. The van der Waals surface area contributed by atoms with Gasteiger partial charge < -0.3 is 9.09 Å². The van der Waals surface area contributed by atoms with E-state index in [2.05, 4.69) is 10.5 Å². The van der Waals surface area contributed by atoms with Crippen LogP contribution in [-0.4, -0.2) is 24.0 Å². The van der Waals surface area contributed by atoms with Crippen molar-refractivity contribution in [3.8, 4) is 11.1 Å². The SMILES string of the molecule is Cc1ccc(S(=O)(=O)c2c(C)cc(C)n(CC(=O)Nc3oncc3-c3ccccc3)c2=O)cc1. The maximum atomic E-state index is 13.3. The van der Waals surface area contributed by atoms with Gasteiger partial charge in [0.25, 0.3) is 5.56 Å². The van der Waals surface area contributed by atoms with Gasteiger partial charge in [-0.2, -0.15) is 0 Å². The highest BCUT2D eigenvalue weighted by Gasteiger charge is 2.26. The molecule has 0 aliphatic heterocycles. The van der Waals surface area contributed by atoms with E-state index >= 15 is 0 Å². The van der Waals surface area contributed by atoms with Gasteiger partial charge >= 0.3 is 0 Å². The van der Waals surface area contributed by atoms with Crippen molar-refractivity contribution in [1.82, 2.24) is 9.72 Å². The molecule has 34 heavy (non-hydrogen) atoms. The number of aromatic nitrogens is 2. The Labute approximate surface area is 196 Å². The van der Waals surface area contributed by atoms with Gasteiger partial charge in [-0.1, -0.05) is 53.2 Å². The molecule has 0 aliphatic carbocycles. The third-order valence-corrected chi connectivity index (χ3v) is 7.39. The molecule has 0 saturated heterocycles. The number of carbonyl (C=O) groups is 1. The summed E-state index contributed by atoms with van der Waals surface area (Å²) in [4.78, 5) is 25.8. The number of sulfone groups is 1. The van der Waals surface area contributed by atoms with E-state index in [1.54, 1.807) is 32.0 Å². The lowest BCUT2D eigenvalue weighted by Gasteiger charge is -2.15. The zero-order chi connectivity index (χ0) is 24.5. The molecule has 1 N–H and O–H groups in total. The van der Waals surface area contributed by atoms with E-state index in [1.165, 1.54) is 18.3 Å². The first-order chi connectivity index (χ1) is 16.2. The Bertz CT molecular complexity index is 1520. The fourth-order valence-electron chi connectivity index (χ4n) is 3.73. The Hall–Kier alpha value is -3.98. The fraction of sp³-hybridized carbons (Fsp3) is 0.160. The standard InChI is InChI=1S/C25H23N3O5S/c1-16-9-11-20(12-10-16)34(31,32)23-17(2)13-18(3)28(25(23)30)15-22(29)27-24-21(14-26-33-24)19-7-5-4-6-8-19/h4-14H,15H2,1-3H3,(H,27,29). The Balaban J connectivity index is 1.67. The first-order valence-corrected chi connectivity index (χ1v) is 12.0. The van der Waals surface area contributed by atoms with E-state index in [4.69, 9.17) is 4.52 Å². The number of nitrogens with one attached hydrogen (secondary N) is 1. The number of pyridine rings is 1. The second-order valence-corrected chi connectivity index (χ2v) is 9.87. The van der Waals surface area contributed by atoms with Crippen LogP contribution in [0.5, 0.6) is 0 Å². The van der Waals surface area contributed by atoms with Crippen LogP contribution in [0.15, 0.2) is 86.0 Å². The van der Waals surface area contributed by atoms with Crippen molar-refractivity contribution in [2.24, 2.45) is 0 Å². The van der Waals surface area contributed by atoms with Crippen LogP contribution >= 0.6 is 0 Å². The average Bonchev–Trinajstić information content (AvgIpc) is 3.25. The zero-order valence-corrected chi connectivity index (χ0v) is 19.7. The molecule has 2 heterocycles. The highest BCUT2D eigenvalue weighted by atomic mass is 32.2. The van der Waals surface area contributed by atoms with Gasteiger partial charge in [0, 0.05) is 5.69 Å². The van der Waals surface area contributed by atoms with Crippen molar-refractivity contribution >= 4 is 21.6 Å². The minimum absolute atomic E-state index is 0.0207. The van der Waals surface area contributed by atoms with Crippen molar-refractivity contribution in [3.05, 3.63) is 94.0 Å². The zero-order valence-electron chi connectivity index (χ0n) is 18.9. The molecule has 0 aliphatic rings. The summed E-state index contributed by atoms with van der Waals surface area (Å²) >= 11 is 0. The molecular weight excluding hydrogens is 454 g/mol. The number of aryl methyl sites for hydroxylation is 3. The highest BCUT2D eigenvalue weighted by Crippen LogP contribution is 2.27. The van der Waals surface area contributed by atoms with Crippen LogP contribution in [0.2, 0.25) is 0 Å². The van der Waals surface area contributed by atoms with Gasteiger partial charge in [0.15, 0.2) is 0 Å². The minimum atomic E-state index is -4.08. The van der Waals surface area contributed by atoms with Gasteiger partial charge in [-0.3, -0.25) is 14.9 Å². The van der Waals surface area contributed by atoms with Gasteiger partial charge in [0.1, 0.15) is 11.4 Å². The Morgan fingerprint density at radius 3 is 2.38 bits per heavy atom. The number of hydrogen-bond acceptors (Lipinski definition) is 6. The predicted octanol–water partition coefficient (Wildman–Crippen LogP) is 3.90. The van der Waals surface area contributed by atoms with Crippen molar-refractivity contribution in [2.75, 3.05) is 5.32 Å². The molecule has 0 bridgehead atoms. The maximum Gasteiger partial charge on any atom is 0.270 e. The lowest BCUT2D eigenvalue weighted by atomic mass is 10.1. The van der Waals surface area contributed by atoms with Crippen LogP contribution in [0.4, 0.5) is 5.88 Å². The quantitative estimate of drug-likeness (QED) is 0.451. The van der Waals surface area contributed by atoms with E-state index in [1.807, 2.05) is 37.3 Å². The summed E-state index contributed by atoms with van der Waals surface area (Å²) in [7, 11) is -4.08. The Morgan fingerprint density at radius 2 is 1.71 bits per heavy atom. The molecule has 0 radical (unpaired) electrons. The Morgan fingerprint density at radius 1 is 1.03 bits per heavy atom. The third-order valence-electron chi connectivity index (χ3n) is 5.46. The monoisotopic (exact) mass is 477 g/mol. The number of carbonyl (C=O) groups excluding carboxylic acids is 1. The number of amides is 1. The van der Waals surface area contributed by atoms with Crippen LogP contribution in [0, 0.1) is 20.8 Å². The van der Waals surface area contributed by atoms with Crippen molar-refractivity contribution in [2.45, 2.75) is 37.1 Å². The summed E-state index contributed by atoms with van der Waals surface area (Å²) in [6, 6.07) is 17.1. The van der Waals surface area contributed by atoms with E-state index in [-0.39, 0.29) is 15.7 Å². The molecule has 4 rings (SSSR count). The number of rotatable bonds is 6. The van der Waals surface area contributed by atoms with Gasteiger partial charge in [-0.25, -0.2) is 8.42 Å². The normalized spacial score (nSPS) is 11.4. The number of nitrogens with zero attached hydrogens (tertiary/aromatic N) is 2. The summed E-state index contributed by atoms with van der Waals surface area (Å²) in [6.45, 7) is 4.67. The van der Waals surface area contributed by atoms with Crippen molar-refractivity contribution in [1.29, 1.82) is 0 Å². The summed E-state index contributed by atoms with van der Waals surface area (Å²) in [6.07, 6.45) is 1.49. The van der Waals surface area contributed by atoms with Gasteiger partial charge in [0.2, 0.25) is 21.6 Å². The second-order valence-electron chi connectivity index (χ2n) is 7.99. The smallest absolute Gasteiger partial charge is 0.270 e. The molecule has 0 saturated carbocycles. The van der Waals surface area contributed by atoms with Crippen LogP contribution in [0.1, 0.15) is 16.8 Å². The van der Waals surface area contributed by atoms with Crippen molar-refractivity contribution in [3.63, 3.8) is 0 Å². The summed E-state index contributed by atoms with van der Waals surface area (Å²) < 4.78 is 32.8. The van der Waals surface area contributed by atoms with Crippen LogP contribution in [-0.2, 0) is 21.2 Å². The summed E-state index contributed by atoms with van der Waals surface area (Å²) in [5.74, 6) is -0.414. The third kappa shape index (κ3) is 4.42. The molecule has 0 spiro atoms. The molecule has 174 valence electrons. The largest absolute Gasteiger partial charge is 0.338 e. The van der Waals surface area contributed by atoms with E-state index < -0.39 is 27.8 Å². The molecule has 1 amide bonds. The first kappa shape index (κ1) is 23.2. The molecule has 4 aromatic rings. The molecule has 0 unspecified atom stereocenters. The van der Waals surface area contributed by atoms with E-state index in [0.29, 0.717) is 16.8 Å². The summed E-state index contributed by atoms with van der Waals surface area (Å²) in [5, 5.41) is 6.38. The van der Waals surface area contributed by atoms with Crippen LogP contribution < -0.4 is 10.9 Å². The van der Waals surface area contributed by atoms with Crippen LogP contribution in [0.3, 0.4) is 0 Å². The van der Waals surface area contributed by atoms with Gasteiger partial charge in [0.05, 0.1) is 16.7 Å². The van der Waals surface area contributed by atoms with Gasteiger partial charge in [-0.05, 0) is 50.1 Å².